The first kappa shape index (κ1) is 25.8. The number of rotatable bonds is 8. The molecule has 1 heterocycles. The van der Waals surface area contributed by atoms with Crippen LogP contribution in [0.25, 0.3) is 0 Å². The Bertz CT molecular complexity index is 1250. The maximum atomic E-state index is 12.9. The molecule has 3 aromatic rings. The van der Waals surface area contributed by atoms with Crippen molar-refractivity contribution >= 4 is 23.3 Å². The van der Waals surface area contributed by atoms with E-state index >= 15 is 0 Å². The number of amides is 1. The molecule has 4 rings (SSSR count). The molecule has 1 saturated heterocycles. The summed E-state index contributed by atoms with van der Waals surface area (Å²) >= 11 is 0. The number of para-hydroxylation sites is 1. The van der Waals surface area contributed by atoms with Crippen LogP contribution in [0.15, 0.2) is 84.0 Å². The fourth-order valence-electron chi connectivity index (χ4n) is 4.14. The Morgan fingerprint density at radius 3 is 2.43 bits per heavy atom. The van der Waals surface area contributed by atoms with Crippen LogP contribution in [0.3, 0.4) is 0 Å². The number of cyclic esters (lactones) is 1. The minimum Gasteiger partial charge on any atom is -0.447 e. The van der Waals surface area contributed by atoms with Crippen molar-refractivity contribution in [2.75, 3.05) is 18.5 Å². The zero-order valence-electron chi connectivity index (χ0n) is 20.0. The van der Waals surface area contributed by atoms with Crippen molar-refractivity contribution in [3.05, 3.63) is 95.6 Å². The molecule has 37 heavy (non-hydrogen) atoms. The van der Waals surface area contributed by atoms with Gasteiger partial charge in [-0.05, 0) is 48.9 Å². The van der Waals surface area contributed by atoms with Gasteiger partial charge in [-0.1, -0.05) is 42.5 Å². The van der Waals surface area contributed by atoms with Gasteiger partial charge in [0.25, 0.3) is 0 Å². The highest BCUT2D eigenvalue weighted by Gasteiger charge is 2.37. The first-order valence-corrected chi connectivity index (χ1v) is 11.5. The predicted octanol–water partition coefficient (Wildman–Crippen LogP) is 4.83. The van der Waals surface area contributed by atoms with Gasteiger partial charge in [-0.15, -0.1) is 5.10 Å². The second-order valence-corrected chi connectivity index (χ2v) is 8.58. The lowest BCUT2D eigenvalue weighted by atomic mass is 10.1. The van der Waals surface area contributed by atoms with E-state index in [1.165, 1.54) is 12.1 Å². The zero-order valence-corrected chi connectivity index (χ0v) is 20.0. The van der Waals surface area contributed by atoms with E-state index in [-0.39, 0.29) is 31.1 Å². The standard InChI is InChI=1S/C26H27F3N6O2/c1-17(18-7-3-2-4-8-18)35-21(16-37-25(35)36)15-34(31)33-24(30)22-9-5-6-10-23(22)32-20-13-11-19(12-14-20)26(27,28)29/h2-14,17,21,32H,15-16,31H2,1H3,(H2,30,33). The van der Waals surface area contributed by atoms with Crippen molar-refractivity contribution in [2.45, 2.75) is 25.2 Å². The number of nitrogens with zero attached hydrogens (tertiary/aromatic N) is 3. The quantitative estimate of drug-likeness (QED) is 0.173. The minimum absolute atomic E-state index is 0.0883. The number of hydrazone groups is 1. The van der Waals surface area contributed by atoms with Crippen molar-refractivity contribution in [3.8, 4) is 0 Å². The molecule has 1 fully saturated rings. The molecule has 0 aromatic heterocycles. The lowest BCUT2D eigenvalue weighted by Crippen LogP contribution is -2.45. The number of carbonyl (C=O) groups excluding carboxylic acids is 1. The van der Waals surface area contributed by atoms with E-state index < -0.39 is 17.8 Å². The number of amidine groups is 1. The normalized spacial score (nSPS) is 16.9. The number of hydrogen-bond donors (Lipinski definition) is 3. The Morgan fingerprint density at radius 1 is 1.11 bits per heavy atom. The number of ether oxygens (including phenoxy) is 1. The molecule has 5 N–H and O–H groups in total. The van der Waals surface area contributed by atoms with E-state index in [0.717, 1.165) is 22.8 Å². The molecule has 0 bridgehead atoms. The van der Waals surface area contributed by atoms with Crippen LogP contribution in [0.1, 0.15) is 29.7 Å². The van der Waals surface area contributed by atoms with Gasteiger partial charge in [-0.2, -0.15) is 13.2 Å². The molecule has 1 aliphatic heterocycles. The molecule has 0 spiro atoms. The SMILES string of the molecule is CC(c1ccccc1)N1C(=O)OCC1CN(N)/N=C(\N)c1ccccc1Nc1ccc(C(F)(F)F)cc1. The number of halogens is 3. The number of nitrogens with two attached hydrogens (primary N) is 2. The molecule has 0 aliphatic carbocycles. The first-order chi connectivity index (χ1) is 17.6. The van der Waals surface area contributed by atoms with E-state index in [4.69, 9.17) is 16.3 Å². The van der Waals surface area contributed by atoms with E-state index in [9.17, 15) is 18.0 Å². The Labute approximate surface area is 212 Å². The summed E-state index contributed by atoms with van der Waals surface area (Å²) in [7, 11) is 0. The molecule has 8 nitrogen and oxygen atoms in total. The van der Waals surface area contributed by atoms with Crippen LogP contribution in [-0.4, -0.2) is 41.1 Å². The summed E-state index contributed by atoms with van der Waals surface area (Å²) in [5.74, 6) is 6.23. The predicted molar refractivity (Wildman–Crippen MR) is 135 cm³/mol. The average Bonchev–Trinajstić information content (AvgIpc) is 3.23. The third-order valence-corrected chi connectivity index (χ3v) is 6.03. The minimum atomic E-state index is -4.42. The number of carbonyl (C=O) groups is 1. The van der Waals surface area contributed by atoms with Gasteiger partial charge in [0, 0.05) is 16.9 Å². The van der Waals surface area contributed by atoms with Crippen LogP contribution >= 0.6 is 0 Å². The molecule has 1 aliphatic rings. The molecule has 0 saturated carbocycles. The van der Waals surface area contributed by atoms with Gasteiger partial charge in [0.2, 0.25) is 0 Å². The number of alkyl halides is 3. The Hall–Kier alpha value is -4.25. The van der Waals surface area contributed by atoms with Crippen molar-refractivity contribution in [2.24, 2.45) is 16.7 Å². The fourth-order valence-corrected chi connectivity index (χ4v) is 4.14. The van der Waals surface area contributed by atoms with Gasteiger partial charge in [-0.3, -0.25) is 4.90 Å². The summed E-state index contributed by atoms with van der Waals surface area (Å²) in [4.78, 5) is 14.1. The number of benzene rings is 3. The van der Waals surface area contributed by atoms with Crippen LogP contribution < -0.4 is 16.9 Å². The monoisotopic (exact) mass is 512 g/mol. The lowest BCUT2D eigenvalue weighted by molar-refractivity contribution is -0.137. The van der Waals surface area contributed by atoms with Gasteiger partial charge in [0.1, 0.15) is 6.61 Å². The molecule has 11 heteroatoms. The Balaban J connectivity index is 1.47. The van der Waals surface area contributed by atoms with Crippen LogP contribution in [0, 0.1) is 0 Å². The summed E-state index contributed by atoms with van der Waals surface area (Å²) in [6, 6.07) is 20.6. The van der Waals surface area contributed by atoms with Crippen molar-refractivity contribution in [3.63, 3.8) is 0 Å². The molecular weight excluding hydrogens is 485 g/mol. The highest BCUT2D eigenvalue weighted by Crippen LogP contribution is 2.31. The molecule has 194 valence electrons. The fraction of sp³-hybridized carbons (Fsp3) is 0.231. The van der Waals surface area contributed by atoms with Gasteiger partial charge >= 0.3 is 12.3 Å². The van der Waals surface area contributed by atoms with Crippen molar-refractivity contribution < 1.29 is 22.7 Å². The third kappa shape index (κ3) is 6.12. The first-order valence-electron chi connectivity index (χ1n) is 11.5. The number of hydrogen-bond acceptors (Lipinski definition) is 6. The lowest BCUT2D eigenvalue weighted by Gasteiger charge is -2.30. The highest BCUT2D eigenvalue weighted by molar-refractivity contribution is 6.02. The van der Waals surface area contributed by atoms with Crippen molar-refractivity contribution in [1.29, 1.82) is 0 Å². The van der Waals surface area contributed by atoms with Crippen molar-refractivity contribution in [1.82, 2.24) is 10.0 Å². The molecule has 2 atom stereocenters. The highest BCUT2D eigenvalue weighted by atomic mass is 19.4. The van der Waals surface area contributed by atoms with E-state index in [1.54, 1.807) is 29.2 Å². The van der Waals surface area contributed by atoms with Gasteiger partial charge in [0.15, 0.2) is 5.84 Å². The van der Waals surface area contributed by atoms with Gasteiger partial charge < -0.3 is 15.8 Å². The van der Waals surface area contributed by atoms with Crippen LogP contribution in [0.4, 0.5) is 29.3 Å². The molecule has 1 amide bonds. The van der Waals surface area contributed by atoms with E-state index in [2.05, 4.69) is 10.4 Å². The summed E-state index contributed by atoms with van der Waals surface area (Å²) < 4.78 is 43.9. The average molecular weight is 513 g/mol. The van der Waals surface area contributed by atoms with Crippen LogP contribution in [-0.2, 0) is 10.9 Å². The van der Waals surface area contributed by atoms with E-state index in [0.29, 0.717) is 16.9 Å². The zero-order chi connectivity index (χ0) is 26.6. The summed E-state index contributed by atoms with van der Waals surface area (Å²) in [5, 5.41) is 8.49. The third-order valence-electron chi connectivity index (χ3n) is 6.03. The number of anilines is 2. The van der Waals surface area contributed by atoms with Gasteiger partial charge in [0.05, 0.1) is 24.2 Å². The Morgan fingerprint density at radius 2 is 1.76 bits per heavy atom. The Kier molecular flexibility index (Phi) is 7.53. The maximum Gasteiger partial charge on any atom is 0.416 e. The van der Waals surface area contributed by atoms with Crippen LogP contribution in [0.2, 0.25) is 0 Å². The summed E-state index contributed by atoms with van der Waals surface area (Å²) in [6.07, 6.45) is -4.85. The van der Waals surface area contributed by atoms with E-state index in [1.807, 2.05) is 37.3 Å². The number of nitrogens with one attached hydrogen (secondary N) is 1. The largest absolute Gasteiger partial charge is 0.447 e. The smallest absolute Gasteiger partial charge is 0.416 e. The molecular formula is C26H27F3N6O2. The maximum absolute atomic E-state index is 12.9. The van der Waals surface area contributed by atoms with Crippen LogP contribution in [0.5, 0.6) is 0 Å². The topological polar surface area (TPSA) is 109 Å². The molecule has 0 radical (unpaired) electrons. The molecule has 2 unspecified atom stereocenters. The number of hydrazine groups is 1. The summed E-state index contributed by atoms with van der Waals surface area (Å²) in [6.45, 7) is 2.24. The van der Waals surface area contributed by atoms with Gasteiger partial charge in [-0.25, -0.2) is 15.8 Å². The second-order valence-electron chi connectivity index (χ2n) is 8.58. The second kappa shape index (κ2) is 10.8. The summed E-state index contributed by atoms with van der Waals surface area (Å²) in [5.41, 5.74) is 7.96. The molecule has 3 aromatic carbocycles.